The molecule has 4 rings (SSSR count). The van der Waals surface area contributed by atoms with Crippen molar-refractivity contribution in [3.8, 4) is 5.75 Å². The van der Waals surface area contributed by atoms with E-state index in [-0.39, 0.29) is 29.3 Å². The van der Waals surface area contributed by atoms with E-state index in [4.69, 9.17) is 4.74 Å². The third kappa shape index (κ3) is 4.67. The van der Waals surface area contributed by atoms with Crippen LogP contribution in [0.3, 0.4) is 0 Å². The first-order chi connectivity index (χ1) is 14.3. The molecule has 160 valence electrons. The predicted octanol–water partition coefficient (Wildman–Crippen LogP) is 4.76. The maximum Gasteiger partial charge on any atom is 0.223 e. The zero-order chi connectivity index (χ0) is 21.3. The van der Waals surface area contributed by atoms with Gasteiger partial charge in [0.25, 0.3) is 0 Å². The van der Waals surface area contributed by atoms with Crippen molar-refractivity contribution in [2.45, 2.75) is 58.2 Å². The SMILES string of the molecule is Cc1ccc2c(c1)C(NC(=O)C1CCN(Cc3ccccc3F)CC1)CC(C)(C)O2. The molecule has 2 aliphatic rings. The van der Waals surface area contributed by atoms with E-state index in [9.17, 15) is 9.18 Å². The van der Waals surface area contributed by atoms with Gasteiger partial charge in [-0.1, -0.05) is 35.9 Å². The van der Waals surface area contributed by atoms with Crippen LogP contribution in [0.25, 0.3) is 0 Å². The molecule has 0 aromatic heterocycles. The lowest BCUT2D eigenvalue weighted by molar-refractivity contribution is -0.127. The van der Waals surface area contributed by atoms with Gasteiger partial charge in [-0.2, -0.15) is 0 Å². The van der Waals surface area contributed by atoms with Crippen molar-refractivity contribution in [3.63, 3.8) is 0 Å². The van der Waals surface area contributed by atoms with Crippen LogP contribution >= 0.6 is 0 Å². The Morgan fingerprint density at radius 1 is 1.20 bits per heavy atom. The Bertz CT molecular complexity index is 919. The topological polar surface area (TPSA) is 41.6 Å². The highest BCUT2D eigenvalue weighted by molar-refractivity contribution is 5.79. The molecule has 1 saturated heterocycles. The number of amides is 1. The van der Waals surface area contributed by atoms with Crippen LogP contribution in [-0.4, -0.2) is 29.5 Å². The lowest BCUT2D eigenvalue weighted by Crippen LogP contribution is -2.45. The number of nitrogens with one attached hydrogen (secondary N) is 1. The van der Waals surface area contributed by atoms with Gasteiger partial charge in [-0.05, 0) is 58.8 Å². The van der Waals surface area contributed by atoms with Crippen molar-refractivity contribution >= 4 is 5.91 Å². The second kappa shape index (κ2) is 8.38. The minimum Gasteiger partial charge on any atom is -0.487 e. The molecule has 4 nitrogen and oxygen atoms in total. The number of nitrogens with zero attached hydrogens (tertiary/aromatic N) is 1. The van der Waals surface area contributed by atoms with E-state index in [2.05, 4.69) is 37.1 Å². The third-order valence-corrected chi connectivity index (χ3v) is 6.25. The van der Waals surface area contributed by atoms with Gasteiger partial charge in [-0.15, -0.1) is 0 Å². The second-order valence-electron chi connectivity index (χ2n) is 9.31. The summed E-state index contributed by atoms with van der Waals surface area (Å²) in [4.78, 5) is 15.3. The van der Waals surface area contributed by atoms with Crippen LogP contribution in [0.5, 0.6) is 5.75 Å². The number of likely N-dealkylation sites (tertiary alicyclic amines) is 1. The van der Waals surface area contributed by atoms with Crippen LogP contribution in [0.15, 0.2) is 42.5 Å². The molecule has 0 bridgehead atoms. The molecular formula is C25H31FN2O2. The molecule has 1 fully saturated rings. The second-order valence-corrected chi connectivity index (χ2v) is 9.31. The number of halogens is 1. The van der Waals surface area contributed by atoms with Crippen molar-refractivity contribution in [2.75, 3.05) is 13.1 Å². The summed E-state index contributed by atoms with van der Waals surface area (Å²) >= 11 is 0. The summed E-state index contributed by atoms with van der Waals surface area (Å²) in [5, 5.41) is 3.30. The highest BCUT2D eigenvalue weighted by Crippen LogP contribution is 2.40. The summed E-state index contributed by atoms with van der Waals surface area (Å²) in [6, 6.07) is 13.1. The van der Waals surface area contributed by atoms with E-state index < -0.39 is 0 Å². The van der Waals surface area contributed by atoms with Crippen LogP contribution in [0.4, 0.5) is 4.39 Å². The Morgan fingerprint density at radius 3 is 2.67 bits per heavy atom. The number of carbonyl (C=O) groups excluding carboxylic acids is 1. The maximum absolute atomic E-state index is 13.9. The Kier molecular flexibility index (Phi) is 5.83. The smallest absolute Gasteiger partial charge is 0.223 e. The van der Waals surface area contributed by atoms with E-state index in [1.54, 1.807) is 6.07 Å². The number of carbonyl (C=O) groups is 1. The molecule has 1 unspecified atom stereocenters. The summed E-state index contributed by atoms with van der Waals surface area (Å²) in [5.41, 5.74) is 2.64. The molecule has 2 aromatic carbocycles. The fourth-order valence-electron chi connectivity index (χ4n) is 4.61. The van der Waals surface area contributed by atoms with E-state index >= 15 is 0 Å². The first kappa shape index (κ1) is 20.9. The van der Waals surface area contributed by atoms with Crippen LogP contribution < -0.4 is 10.1 Å². The molecule has 0 saturated carbocycles. The first-order valence-corrected chi connectivity index (χ1v) is 10.9. The summed E-state index contributed by atoms with van der Waals surface area (Å²) in [6.45, 7) is 8.40. The van der Waals surface area contributed by atoms with Crippen LogP contribution in [0.2, 0.25) is 0 Å². The van der Waals surface area contributed by atoms with Gasteiger partial charge in [0, 0.05) is 30.0 Å². The molecule has 2 heterocycles. The lowest BCUT2D eigenvalue weighted by atomic mass is 9.88. The standard InChI is InChI=1S/C25H31FN2O2/c1-17-8-9-23-20(14-17)22(15-25(2,3)30-23)27-24(29)18-10-12-28(13-11-18)16-19-6-4-5-7-21(19)26/h4-9,14,18,22H,10-13,15-16H2,1-3H3,(H,27,29). The molecule has 0 aliphatic carbocycles. The van der Waals surface area contributed by atoms with Gasteiger partial charge in [0.05, 0.1) is 6.04 Å². The first-order valence-electron chi connectivity index (χ1n) is 10.9. The minimum atomic E-state index is -0.316. The zero-order valence-corrected chi connectivity index (χ0v) is 18.1. The lowest BCUT2D eigenvalue weighted by Gasteiger charge is -2.39. The zero-order valence-electron chi connectivity index (χ0n) is 18.1. The number of hydrogen-bond donors (Lipinski definition) is 1. The number of rotatable bonds is 4. The number of aryl methyl sites for hydroxylation is 1. The van der Waals surface area contributed by atoms with Crippen molar-refractivity contribution in [1.82, 2.24) is 10.2 Å². The quantitative estimate of drug-likeness (QED) is 0.790. The van der Waals surface area contributed by atoms with Gasteiger partial charge >= 0.3 is 0 Å². The average molecular weight is 411 g/mol. The predicted molar refractivity (Wildman–Crippen MR) is 116 cm³/mol. The maximum atomic E-state index is 13.9. The Morgan fingerprint density at radius 2 is 1.93 bits per heavy atom. The molecule has 1 amide bonds. The fourth-order valence-corrected chi connectivity index (χ4v) is 4.61. The largest absolute Gasteiger partial charge is 0.487 e. The van der Waals surface area contributed by atoms with Gasteiger partial charge in [0.1, 0.15) is 17.2 Å². The summed E-state index contributed by atoms with van der Waals surface area (Å²) < 4.78 is 20.0. The Hall–Kier alpha value is -2.40. The molecule has 5 heteroatoms. The van der Waals surface area contributed by atoms with Crippen molar-refractivity contribution in [2.24, 2.45) is 5.92 Å². The summed E-state index contributed by atoms with van der Waals surface area (Å²) in [7, 11) is 0. The van der Waals surface area contributed by atoms with E-state index in [1.807, 2.05) is 24.3 Å². The monoisotopic (exact) mass is 410 g/mol. The third-order valence-electron chi connectivity index (χ3n) is 6.25. The number of fused-ring (bicyclic) bond motifs is 1. The Balaban J connectivity index is 1.37. The highest BCUT2D eigenvalue weighted by atomic mass is 19.1. The van der Waals surface area contributed by atoms with Crippen LogP contribution in [0.1, 0.15) is 55.8 Å². The van der Waals surface area contributed by atoms with Gasteiger partial charge in [0.15, 0.2) is 0 Å². The van der Waals surface area contributed by atoms with Crippen molar-refractivity contribution < 1.29 is 13.9 Å². The van der Waals surface area contributed by atoms with Gasteiger partial charge in [0.2, 0.25) is 5.91 Å². The molecule has 1 atom stereocenters. The van der Waals surface area contributed by atoms with Gasteiger partial charge in [-0.3, -0.25) is 9.69 Å². The molecule has 2 aliphatic heterocycles. The van der Waals surface area contributed by atoms with E-state index in [1.165, 1.54) is 6.07 Å². The summed E-state index contributed by atoms with van der Waals surface area (Å²) in [6.07, 6.45) is 2.35. The number of ether oxygens (including phenoxy) is 1. The Labute approximate surface area is 178 Å². The van der Waals surface area contributed by atoms with Crippen molar-refractivity contribution in [1.29, 1.82) is 0 Å². The molecule has 0 spiro atoms. The fraction of sp³-hybridized carbons (Fsp3) is 0.480. The van der Waals surface area contributed by atoms with E-state index in [0.29, 0.717) is 6.54 Å². The van der Waals surface area contributed by atoms with Crippen LogP contribution in [-0.2, 0) is 11.3 Å². The minimum absolute atomic E-state index is 0.00101. The average Bonchev–Trinajstić information content (AvgIpc) is 2.70. The molecule has 2 aromatic rings. The molecular weight excluding hydrogens is 379 g/mol. The van der Waals surface area contributed by atoms with E-state index in [0.717, 1.165) is 54.8 Å². The highest BCUT2D eigenvalue weighted by Gasteiger charge is 2.36. The van der Waals surface area contributed by atoms with Gasteiger partial charge < -0.3 is 10.1 Å². The number of benzene rings is 2. The van der Waals surface area contributed by atoms with Crippen molar-refractivity contribution in [3.05, 3.63) is 65.0 Å². The molecule has 30 heavy (non-hydrogen) atoms. The van der Waals surface area contributed by atoms with Crippen LogP contribution in [0, 0.1) is 18.7 Å². The molecule has 0 radical (unpaired) electrons. The summed E-state index contributed by atoms with van der Waals surface area (Å²) in [5.74, 6) is 0.826. The normalized spacial score (nSPS) is 21.5. The number of piperidine rings is 1. The van der Waals surface area contributed by atoms with Gasteiger partial charge in [-0.25, -0.2) is 4.39 Å². The molecule has 1 N–H and O–H groups in total. The number of hydrogen-bond acceptors (Lipinski definition) is 3.